The molecular weight excluding hydrogens is 268 g/mol. The van der Waals surface area contributed by atoms with Crippen LogP contribution in [0.25, 0.3) is 0 Å². The summed E-state index contributed by atoms with van der Waals surface area (Å²) in [4.78, 5) is 0. The third-order valence-electron chi connectivity index (χ3n) is 3.19. The minimum atomic E-state index is 0.819. The fourth-order valence-electron chi connectivity index (χ4n) is 2.04. The predicted octanol–water partition coefficient (Wildman–Crippen LogP) is 3.26. The molecule has 2 aromatic rings. The van der Waals surface area contributed by atoms with E-state index in [2.05, 4.69) is 47.0 Å². The van der Waals surface area contributed by atoms with Crippen LogP contribution in [-0.4, -0.2) is 19.6 Å². The van der Waals surface area contributed by atoms with Crippen LogP contribution in [0.1, 0.15) is 11.1 Å². The molecule has 0 bridgehead atoms. The topological polar surface area (TPSA) is 24.1 Å². The minimum Gasteiger partial charge on any atom is -0.315 e. The molecule has 0 saturated heterocycles. The van der Waals surface area contributed by atoms with Gasteiger partial charge in [-0.15, -0.1) is 0 Å². The van der Waals surface area contributed by atoms with Crippen molar-refractivity contribution in [2.75, 3.05) is 19.6 Å². The predicted molar refractivity (Wildman–Crippen MR) is 86.2 cm³/mol. The maximum atomic E-state index is 6.10. The zero-order valence-corrected chi connectivity index (χ0v) is 12.4. The molecule has 0 unspecified atom stereocenters. The second-order valence-corrected chi connectivity index (χ2v) is 5.16. The van der Waals surface area contributed by atoms with Crippen LogP contribution in [0.5, 0.6) is 0 Å². The van der Waals surface area contributed by atoms with E-state index in [1.54, 1.807) is 0 Å². The van der Waals surface area contributed by atoms with Gasteiger partial charge in [-0.25, -0.2) is 0 Å². The molecule has 0 spiro atoms. The van der Waals surface area contributed by atoms with Gasteiger partial charge in [-0.1, -0.05) is 60.1 Å². The van der Waals surface area contributed by atoms with E-state index < -0.39 is 0 Å². The summed E-state index contributed by atoms with van der Waals surface area (Å²) < 4.78 is 0. The van der Waals surface area contributed by atoms with Crippen LogP contribution in [0.3, 0.4) is 0 Å². The Kier molecular flexibility index (Phi) is 6.58. The van der Waals surface area contributed by atoms with E-state index in [0.29, 0.717) is 0 Å². The number of halogens is 1. The molecule has 2 nitrogen and oxygen atoms in total. The fourth-order valence-corrected chi connectivity index (χ4v) is 2.25. The van der Waals surface area contributed by atoms with Gasteiger partial charge in [0.15, 0.2) is 0 Å². The molecule has 0 atom stereocenters. The molecular formula is C17H21ClN2. The standard InChI is InChI=1S/C17H21ClN2/c18-17-9-5-4-8-16(17)14-20-13-12-19-11-10-15-6-2-1-3-7-15/h1-9,19-20H,10-14H2. The second kappa shape index (κ2) is 8.75. The van der Waals surface area contributed by atoms with Crippen molar-refractivity contribution in [1.29, 1.82) is 0 Å². The molecule has 0 amide bonds. The highest BCUT2D eigenvalue weighted by molar-refractivity contribution is 6.31. The van der Waals surface area contributed by atoms with Gasteiger partial charge in [0.05, 0.1) is 0 Å². The summed E-state index contributed by atoms with van der Waals surface area (Å²) in [6.45, 7) is 3.75. The lowest BCUT2D eigenvalue weighted by atomic mass is 10.1. The van der Waals surface area contributed by atoms with Crippen molar-refractivity contribution in [3.05, 3.63) is 70.7 Å². The molecule has 0 radical (unpaired) electrons. The molecule has 0 aliphatic heterocycles. The quantitative estimate of drug-likeness (QED) is 0.729. The first-order chi connectivity index (χ1) is 9.86. The number of nitrogens with one attached hydrogen (secondary N) is 2. The highest BCUT2D eigenvalue weighted by Crippen LogP contribution is 2.13. The summed E-state index contributed by atoms with van der Waals surface area (Å²) in [5, 5.41) is 7.66. The SMILES string of the molecule is Clc1ccccc1CNCCNCCc1ccccc1. The van der Waals surface area contributed by atoms with Gasteiger partial charge in [0.2, 0.25) is 0 Å². The number of hydrogen-bond acceptors (Lipinski definition) is 2. The van der Waals surface area contributed by atoms with Gasteiger partial charge in [0.1, 0.15) is 0 Å². The lowest BCUT2D eigenvalue weighted by Gasteiger charge is -2.08. The molecule has 0 fully saturated rings. The molecule has 20 heavy (non-hydrogen) atoms. The highest BCUT2D eigenvalue weighted by atomic mass is 35.5. The van der Waals surface area contributed by atoms with Crippen LogP contribution >= 0.6 is 11.6 Å². The van der Waals surface area contributed by atoms with Crippen molar-refractivity contribution in [1.82, 2.24) is 10.6 Å². The van der Waals surface area contributed by atoms with E-state index in [9.17, 15) is 0 Å². The molecule has 3 heteroatoms. The maximum Gasteiger partial charge on any atom is 0.0450 e. The third kappa shape index (κ3) is 5.33. The van der Waals surface area contributed by atoms with Crippen LogP contribution in [0.2, 0.25) is 5.02 Å². The zero-order chi connectivity index (χ0) is 14.0. The lowest BCUT2D eigenvalue weighted by molar-refractivity contribution is 0.611. The van der Waals surface area contributed by atoms with Gasteiger partial charge in [-0.05, 0) is 30.2 Å². The minimum absolute atomic E-state index is 0.819. The van der Waals surface area contributed by atoms with E-state index in [-0.39, 0.29) is 0 Å². The first kappa shape index (κ1) is 15.0. The van der Waals surface area contributed by atoms with Gasteiger partial charge in [0.25, 0.3) is 0 Å². The maximum absolute atomic E-state index is 6.10. The average molecular weight is 289 g/mol. The average Bonchev–Trinajstić information content (AvgIpc) is 2.49. The highest BCUT2D eigenvalue weighted by Gasteiger charge is 1.97. The largest absolute Gasteiger partial charge is 0.315 e. The Balaban J connectivity index is 1.53. The molecule has 0 saturated carbocycles. The Labute approximate surface area is 126 Å². The molecule has 2 aromatic carbocycles. The van der Waals surface area contributed by atoms with Crippen molar-refractivity contribution < 1.29 is 0 Å². The van der Waals surface area contributed by atoms with Gasteiger partial charge < -0.3 is 10.6 Å². The summed E-state index contributed by atoms with van der Waals surface area (Å²) in [5.74, 6) is 0. The van der Waals surface area contributed by atoms with Crippen LogP contribution in [0.4, 0.5) is 0 Å². The Morgan fingerprint density at radius 3 is 2.25 bits per heavy atom. The summed E-state index contributed by atoms with van der Waals surface area (Å²) in [6.07, 6.45) is 1.07. The number of rotatable bonds is 8. The van der Waals surface area contributed by atoms with Crippen molar-refractivity contribution in [3.63, 3.8) is 0 Å². The zero-order valence-electron chi connectivity index (χ0n) is 11.6. The smallest absolute Gasteiger partial charge is 0.0450 e. The van der Waals surface area contributed by atoms with E-state index in [4.69, 9.17) is 11.6 Å². The van der Waals surface area contributed by atoms with Crippen LogP contribution in [0, 0.1) is 0 Å². The van der Waals surface area contributed by atoms with Crippen LogP contribution < -0.4 is 10.6 Å². The van der Waals surface area contributed by atoms with E-state index in [0.717, 1.165) is 43.2 Å². The van der Waals surface area contributed by atoms with Gasteiger partial charge in [0, 0.05) is 24.7 Å². The Bertz CT molecular complexity index is 499. The van der Waals surface area contributed by atoms with Crippen molar-refractivity contribution in [2.45, 2.75) is 13.0 Å². The first-order valence-corrected chi connectivity index (χ1v) is 7.43. The van der Waals surface area contributed by atoms with E-state index in [1.165, 1.54) is 5.56 Å². The monoisotopic (exact) mass is 288 g/mol. The van der Waals surface area contributed by atoms with Gasteiger partial charge >= 0.3 is 0 Å². The number of benzene rings is 2. The Morgan fingerprint density at radius 2 is 1.45 bits per heavy atom. The Morgan fingerprint density at radius 1 is 0.750 bits per heavy atom. The fraction of sp³-hybridized carbons (Fsp3) is 0.294. The van der Waals surface area contributed by atoms with Crippen molar-refractivity contribution >= 4 is 11.6 Å². The van der Waals surface area contributed by atoms with Crippen molar-refractivity contribution in [2.24, 2.45) is 0 Å². The van der Waals surface area contributed by atoms with Crippen LogP contribution in [0.15, 0.2) is 54.6 Å². The van der Waals surface area contributed by atoms with E-state index >= 15 is 0 Å². The van der Waals surface area contributed by atoms with Crippen molar-refractivity contribution in [3.8, 4) is 0 Å². The molecule has 0 aromatic heterocycles. The van der Waals surface area contributed by atoms with E-state index in [1.807, 2.05) is 18.2 Å². The summed E-state index contributed by atoms with van der Waals surface area (Å²) in [5.41, 5.74) is 2.53. The first-order valence-electron chi connectivity index (χ1n) is 7.05. The molecule has 0 heterocycles. The molecule has 0 aliphatic carbocycles. The lowest BCUT2D eigenvalue weighted by Crippen LogP contribution is -2.28. The molecule has 106 valence electrons. The summed E-state index contributed by atoms with van der Waals surface area (Å²) in [7, 11) is 0. The second-order valence-electron chi connectivity index (χ2n) is 4.75. The normalized spacial score (nSPS) is 10.7. The molecule has 2 N–H and O–H groups in total. The number of hydrogen-bond donors (Lipinski definition) is 2. The summed E-state index contributed by atoms with van der Waals surface area (Å²) >= 11 is 6.10. The molecule has 2 rings (SSSR count). The third-order valence-corrected chi connectivity index (χ3v) is 3.55. The van der Waals surface area contributed by atoms with Gasteiger partial charge in [-0.3, -0.25) is 0 Å². The Hall–Kier alpha value is -1.35. The summed E-state index contributed by atoms with van der Waals surface area (Å²) in [6, 6.07) is 18.5. The van der Waals surface area contributed by atoms with Gasteiger partial charge in [-0.2, -0.15) is 0 Å². The van der Waals surface area contributed by atoms with Crippen LogP contribution in [-0.2, 0) is 13.0 Å². The molecule has 0 aliphatic rings.